The van der Waals surface area contributed by atoms with Crippen molar-refractivity contribution in [3.05, 3.63) is 68.1 Å². The first-order valence-corrected chi connectivity index (χ1v) is 13.7. The van der Waals surface area contributed by atoms with E-state index in [2.05, 4.69) is 4.98 Å². The molecule has 0 radical (unpaired) electrons. The first kappa shape index (κ1) is 30.9. The molecular formula is C28H30Cl2F2N2O4S. The van der Waals surface area contributed by atoms with Crippen LogP contribution in [0.4, 0.5) is 8.96 Å². The number of carbonyl (C=O) groups excluding carboxylic acids is 2. The Bertz CT molecular complexity index is 1370. The molecule has 0 fully saturated rings. The van der Waals surface area contributed by atoms with Gasteiger partial charge in [0.1, 0.15) is 21.4 Å². The maximum atomic E-state index is 13.0. The van der Waals surface area contributed by atoms with Crippen molar-refractivity contribution in [2.75, 3.05) is 0 Å². The molecule has 0 amide bonds. The van der Waals surface area contributed by atoms with Crippen molar-refractivity contribution in [3.8, 4) is 16.3 Å². The molecule has 0 bridgehead atoms. The minimum absolute atomic E-state index is 0.121. The average molecular weight is 600 g/mol. The minimum atomic E-state index is -1.31. The van der Waals surface area contributed by atoms with Gasteiger partial charge >= 0.3 is 5.97 Å². The number of aryl methyl sites for hydroxylation is 2. The van der Waals surface area contributed by atoms with Crippen LogP contribution in [-0.4, -0.2) is 33.3 Å². The molecule has 0 spiro atoms. The van der Waals surface area contributed by atoms with Crippen LogP contribution >= 0.6 is 34.5 Å². The summed E-state index contributed by atoms with van der Waals surface area (Å²) in [5.74, 6) is -0.444. The number of hydrogen-bond acceptors (Lipinski definition) is 7. The molecule has 2 aromatic carbocycles. The highest BCUT2D eigenvalue weighted by molar-refractivity contribution is 7.17. The highest BCUT2D eigenvalue weighted by atomic mass is 35.5. The number of aromatic nitrogens is 1. The van der Waals surface area contributed by atoms with E-state index < -0.39 is 29.1 Å². The van der Waals surface area contributed by atoms with Crippen LogP contribution < -0.4 is 4.74 Å². The first-order chi connectivity index (χ1) is 18.1. The van der Waals surface area contributed by atoms with Crippen molar-refractivity contribution in [3.63, 3.8) is 0 Å². The Kier molecular flexibility index (Phi) is 9.75. The van der Waals surface area contributed by atoms with Gasteiger partial charge in [-0.3, -0.25) is 4.79 Å². The molecule has 0 aliphatic rings. The summed E-state index contributed by atoms with van der Waals surface area (Å²) in [7, 11) is 0. The van der Waals surface area contributed by atoms with Gasteiger partial charge in [-0.1, -0.05) is 47.5 Å². The Morgan fingerprint density at radius 2 is 1.74 bits per heavy atom. The molecular weight excluding hydrogens is 569 g/mol. The second-order valence-corrected chi connectivity index (χ2v) is 12.2. The summed E-state index contributed by atoms with van der Waals surface area (Å²) in [5.41, 5.74) is 0.335. The number of thiazole rings is 1. The van der Waals surface area contributed by atoms with Crippen LogP contribution in [0.5, 0.6) is 5.75 Å². The zero-order valence-electron chi connectivity index (χ0n) is 22.5. The van der Waals surface area contributed by atoms with Crippen LogP contribution in [0.1, 0.15) is 67.5 Å². The molecule has 0 unspecified atom stereocenters. The molecule has 3 rings (SSSR count). The van der Waals surface area contributed by atoms with Gasteiger partial charge in [0, 0.05) is 17.3 Å². The predicted octanol–water partition coefficient (Wildman–Crippen LogP) is 8.31. The number of halogens is 4. The Balaban J connectivity index is 1.71. The summed E-state index contributed by atoms with van der Waals surface area (Å²) in [4.78, 5) is 30.6. The maximum absolute atomic E-state index is 13.0. The summed E-state index contributed by atoms with van der Waals surface area (Å²) >= 11 is 14.2. The van der Waals surface area contributed by atoms with Gasteiger partial charge in [0.25, 0.3) is 0 Å². The Labute approximate surface area is 240 Å². The molecule has 0 N–H and O–H groups in total. The van der Waals surface area contributed by atoms with Gasteiger partial charge in [0.05, 0.1) is 22.1 Å². The third kappa shape index (κ3) is 8.20. The zero-order chi connectivity index (χ0) is 29.1. The fraction of sp³-hybridized carbons (Fsp3) is 0.393. The van der Waals surface area contributed by atoms with Gasteiger partial charge in [-0.25, -0.2) is 9.78 Å². The van der Waals surface area contributed by atoms with Crippen molar-refractivity contribution in [1.29, 1.82) is 0 Å². The minimum Gasteiger partial charge on any atom is -0.475 e. The van der Waals surface area contributed by atoms with Crippen LogP contribution in [0.25, 0.3) is 10.6 Å². The molecule has 3 aromatic rings. The monoisotopic (exact) mass is 598 g/mol. The van der Waals surface area contributed by atoms with Crippen LogP contribution in [-0.2, 0) is 22.5 Å². The number of ketones is 1. The molecule has 0 saturated heterocycles. The molecule has 1 heterocycles. The molecule has 11 heteroatoms. The summed E-state index contributed by atoms with van der Waals surface area (Å²) < 4.78 is 36.5. The van der Waals surface area contributed by atoms with Crippen LogP contribution in [0, 0.1) is 6.92 Å². The number of carbonyl (C=O) groups is 2. The first-order valence-electron chi connectivity index (χ1n) is 12.2. The molecule has 0 aliphatic heterocycles. The lowest BCUT2D eigenvalue weighted by atomic mass is 10.1. The highest BCUT2D eigenvalue weighted by Crippen LogP contribution is 2.38. The third-order valence-electron chi connectivity index (χ3n) is 5.53. The van der Waals surface area contributed by atoms with Crippen LogP contribution in [0.15, 0.2) is 36.4 Å². The summed E-state index contributed by atoms with van der Waals surface area (Å²) in [5, 5.41) is 0.0565. The molecule has 39 heavy (non-hydrogen) atoms. The van der Waals surface area contributed by atoms with Crippen molar-refractivity contribution < 1.29 is 28.0 Å². The lowest BCUT2D eigenvalue weighted by molar-refractivity contribution is -0.170. The smallest absolute Gasteiger partial charge is 0.350 e. The van der Waals surface area contributed by atoms with E-state index >= 15 is 0 Å². The van der Waals surface area contributed by atoms with Gasteiger partial charge in [-0.15, -0.1) is 20.3 Å². The van der Waals surface area contributed by atoms with Gasteiger partial charge in [0.15, 0.2) is 11.4 Å². The largest absolute Gasteiger partial charge is 0.475 e. The lowest BCUT2D eigenvalue weighted by Crippen LogP contribution is -2.43. The number of ether oxygens (including phenoxy) is 2. The second-order valence-electron chi connectivity index (χ2n) is 10.5. The third-order valence-corrected chi connectivity index (χ3v) is 7.68. The standard InChI is InChI=1S/C28H30Cl2F2N2O4S/c1-16-24(39-25(33-16)19-9-7-8-17(14-19)15-34(31)32)20(35)12-10-18-11-13-21(23(30)22(18)29)37-28(5,6)26(36)38-27(2,3)4/h7-9,11,13-14H,10,12,15H2,1-6H3. The van der Waals surface area contributed by atoms with Crippen molar-refractivity contribution in [1.82, 2.24) is 10.3 Å². The number of Topliss-reactive ketones (excluding diaryl/α,β-unsaturated/α-hetero) is 1. The van der Waals surface area contributed by atoms with E-state index in [-0.39, 0.29) is 28.0 Å². The summed E-state index contributed by atoms with van der Waals surface area (Å²) in [6.45, 7) is 9.69. The van der Waals surface area contributed by atoms with E-state index in [0.29, 0.717) is 38.7 Å². The zero-order valence-corrected chi connectivity index (χ0v) is 24.9. The fourth-order valence-electron chi connectivity index (χ4n) is 3.64. The molecule has 0 saturated carbocycles. The number of benzene rings is 2. The number of hydrogen-bond donors (Lipinski definition) is 0. The molecule has 1 aromatic heterocycles. The maximum Gasteiger partial charge on any atom is 0.350 e. The van der Waals surface area contributed by atoms with E-state index in [1.54, 1.807) is 77.9 Å². The van der Waals surface area contributed by atoms with Gasteiger partial charge < -0.3 is 9.47 Å². The molecule has 0 aliphatic carbocycles. The normalized spacial score (nSPS) is 12.1. The SMILES string of the molecule is Cc1nc(-c2cccc(CN(F)F)c2)sc1C(=O)CCc1ccc(OC(C)(C)C(=O)OC(C)(C)C)c(Cl)c1Cl. The van der Waals surface area contributed by atoms with Crippen molar-refractivity contribution >= 4 is 46.3 Å². The van der Waals surface area contributed by atoms with E-state index in [4.69, 9.17) is 32.7 Å². The average Bonchev–Trinajstić information content (AvgIpc) is 3.21. The van der Waals surface area contributed by atoms with E-state index in [1.165, 1.54) is 11.3 Å². The van der Waals surface area contributed by atoms with Crippen LogP contribution in [0.3, 0.4) is 0 Å². The van der Waals surface area contributed by atoms with Crippen LogP contribution in [0.2, 0.25) is 10.0 Å². The molecule has 210 valence electrons. The summed E-state index contributed by atoms with van der Waals surface area (Å²) in [6.07, 6.45) is 0.471. The summed E-state index contributed by atoms with van der Waals surface area (Å²) in [6, 6.07) is 10.0. The Morgan fingerprint density at radius 3 is 2.38 bits per heavy atom. The Hall–Kier alpha value is -2.59. The predicted molar refractivity (Wildman–Crippen MR) is 150 cm³/mol. The number of rotatable bonds is 10. The Morgan fingerprint density at radius 1 is 1.05 bits per heavy atom. The topological polar surface area (TPSA) is 68.7 Å². The van der Waals surface area contributed by atoms with E-state index in [1.807, 2.05) is 0 Å². The van der Waals surface area contributed by atoms with Gasteiger partial charge in [0.2, 0.25) is 0 Å². The van der Waals surface area contributed by atoms with Crippen molar-refractivity contribution in [2.45, 2.75) is 72.1 Å². The molecule has 0 atom stereocenters. The van der Waals surface area contributed by atoms with E-state index in [9.17, 15) is 18.6 Å². The fourth-order valence-corrected chi connectivity index (χ4v) is 5.15. The highest BCUT2D eigenvalue weighted by Gasteiger charge is 2.35. The lowest BCUT2D eigenvalue weighted by Gasteiger charge is -2.29. The quantitative estimate of drug-likeness (QED) is 0.133. The van der Waals surface area contributed by atoms with Gasteiger partial charge in [-0.2, -0.15) is 0 Å². The second kappa shape index (κ2) is 12.3. The van der Waals surface area contributed by atoms with E-state index in [0.717, 1.165) is 0 Å². The van der Waals surface area contributed by atoms with Gasteiger partial charge in [-0.05, 0) is 71.2 Å². The number of nitrogens with zero attached hydrogens (tertiary/aromatic N) is 2. The number of esters is 1. The van der Waals surface area contributed by atoms with Crippen molar-refractivity contribution in [2.24, 2.45) is 0 Å². The molecule has 6 nitrogen and oxygen atoms in total.